The van der Waals surface area contributed by atoms with Crippen molar-refractivity contribution in [2.75, 3.05) is 6.61 Å². The summed E-state index contributed by atoms with van der Waals surface area (Å²) < 4.78 is 5.51. The highest BCUT2D eigenvalue weighted by Gasteiger charge is 1.98. The maximum atomic E-state index is 8.59. The fourth-order valence-electron chi connectivity index (χ4n) is 1.18. The Bertz CT molecular complexity index is 317. The third-order valence-corrected chi connectivity index (χ3v) is 2.19. The van der Waals surface area contributed by atoms with E-state index in [9.17, 15) is 0 Å². The second-order valence-corrected chi connectivity index (χ2v) is 3.41. The molecule has 1 aromatic rings. The van der Waals surface area contributed by atoms with Crippen molar-refractivity contribution in [1.82, 2.24) is 0 Å². The van der Waals surface area contributed by atoms with Gasteiger partial charge in [-0.2, -0.15) is 0 Å². The highest BCUT2D eigenvalue weighted by atomic mass is 16.5. The lowest BCUT2D eigenvalue weighted by molar-refractivity contribution is 0.309. The molecule has 3 heteroatoms. The van der Waals surface area contributed by atoms with Gasteiger partial charge in [0.1, 0.15) is 5.75 Å². The van der Waals surface area contributed by atoms with E-state index in [4.69, 9.17) is 9.94 Å². The number of nitrogens with zero attached hydrogens (tertiary/aromatic N) is 1. The van der Waals surface area contributed by atoms with Gasteiger partial charge in [0.05, 0.1) is 12.3 Å². The summed E-state index contributed by atoms with van der Waals surface area (Å²) in [5, 5.41) is 11.7. The maximum Gasteiger partial charge on any atom is 0.119 e. The van der Waals surface area contributed by atoms with Gasteiger partial charge in [-0.25, -0.2) is 0 Å². The van der Waals surface area contributed by atoms with Crippen LogP contribution in [0.3, 0.4) is 0 Å². The Kier molecular flexibility index (Phi) is 4.68. The highest BCUT2D eigenvalue weighted by molar-refractivity contribution is 5.98. The van der Waals surface area contributed by atoms with Crippen LogP contribution in [-0.4, -0.2) is 17.5 Å². The standard InChI is InChI=1S/C12H17NO2/c1-3-4-9-15-12-7-5-11(6-8-12)10(2)13-14/h5-8,14H,3-4,9H2,1-2H3/b13-10+. The predicted molar refractivity (Wildman–Crippen MR) is 60.8 cm³/mol. The quantitative estimate of drug-likeness (QED) is 0.349. The first-order valence-electron chi connectivity index (χ1n) is 5.19. The van der Waals surface area contributed by atoms with Gasteiger partial charge in [-0.15, -0.1) is 0 Å². The van der Waals surface area contributed by atoms with Crippen LogP contribution in [0.1, 0.15) is 32.3 Å². The van der Waals surface area contributed by atoms with Crippen molar-refractivity contribution in [3.63, 3.8) is 0 Å². The molecule has 82 valence electrons. The third kappa shape index (κ3) is 3.62. The van der Waals surface area contributed by atoms with Crippen LogP contribution in [0.5, 0.6) is 5.75 Å². The Labute approximate surface area is 90.4 Å². The molecular weight excluding hydrogens is 190 g/mol. The molecule has 0 aromatic heterocycles. The van der Waals surface area contributed by atoms with Gasteiger partial charge in [0.25, 0.3) is 0 Å². The minimum absolute atomic E-state index is 0.607. The van der Waals surface area contributed by atoms with Gasteiger partial charge in [-0.05, 0) is 43.2 Å². The van der Waals surface area contributed by atoms with Crippen LogP contribution < -0.4 is 4.74 Å². The fraction of sp³-hybridized carbons (Fsp3) is 0.417. The molecule has 1 N–H and O–H groups in total. The van der Waals surface area contributed by atoms with Crippen LogP contribution in [0.25, 0.3) is 0 Å². The Balaban J connectivity index is 2.56. The number of hydrogen-bond acceptors (Lipinski definition) is 3. The monoisotopic (exact) mass is 207 g/mol. The smallest absolute Gasteiger partial charge is 0.119 e. The Hall–Kier alpha value is -1.51. The van der Waals surface area contributed by atoms with Crippen molar-refractivity contribution in [3.05, 3.63) is 29.8 Å². The number of rotatable bonds is 5. The molecule has 0 bridgehead atoms. The van der Waals surface area contributed by atoms with Crippen molar-refractivity contribution in [2.24, 2.45) is 5.16 Å². The maximum absolute atomic E-state index is 8.59. The normalized spacial score (nSPS) is 11.5. The van der Waals surface area contributed by atoms with Crippen LogP contribution in [0, 0.1) is 0 Å². The molecule has 0 amide bonds. The second kappa shape index (κ2) is 6.06. The molecular formula is C12H17NO2. The average Bonchev–Trinajstić information content (AvgIpc) is 2.29. The third-order valence-electron chi connectivity index (χ3n) is 2.19. The molecule has 0 aliphatic rings. The van der Waals surface area contributed by atoms with Gasteiger partial charge < -0.3 is 9.94 Å². The SMILES string of the molecule is CCCCOc1ccc(/C(C)=N/O)cc1. The zero-order chi connectivity index (χ0) is 11.1. The van der Waals surface area contributed by atoms with E-state index >= 15 is 0 Å². The summed E-state index contributed by atoms with van der Waals surface area (Å²) in [4.78, 5) is 0. The topological polar surface area (TPSA) is 41.8 Å². The molecule has 1 rings (SSSR count). The first-order chi connectivity index (χ1) is 7.27. The summed E-state index contributed by atoms with van der Waals surface area (Å²) in [7, 11) is 0. The summed E-state index contributed by atoms with van der Waals surface area (Å²) in [6, 6.07) is 7.55. The molecule has 0 atom stereocenters. The van der Waals surface area contributed by atoms with E-state index < -0.39 is 0 Å². The molecule has 15 heavy (non-hydrogen) atoms. The largest absolute Gasteiger partial charge is 0.494 e. The van der Waals surface area contributed by atoms with Crippen molar-refractivity contribution >= 4 is 5.71 Å². The fourth-order valence-corrected chi connectivity index (χ4v) is 1.18. The van der Waals surface area contributed by atoms with Crippen molar-refractivity contribution < 1.29 is 9.94 Å². The molecule has 0 fully saturated rings. The van der Waals surface area contributed by atoms with E-state index in [0.29, 0.717) is 5.71 Å². The van der Waals surface area contributed by atoms with Crippen LogP contribution in [0.2, 0.25) is 0 Å². The molecule has 0 heterocycles. The Morgan fingerprint density at radius 1 is 1.33 bits per heavy atom. The lowest BCUT2D eigenvalue weighted by Crippen LogP contribution is -1.98. The highest BCUT2D eigenvalue weighted by Crippen LogP contribution is 2.13. The number of hydrogen-bond donors (Lipinski definition) is 1. The second-order valence-electron chi connectivity index (χ2n) is 3.41. The van der Waals surface area contributed by atoms with E-state index in [2.05, 4.69) is 12.1 Å². The first-order valence-corrected chi connectivity index (χ1v) is 5.19. The molecule has 0 radical (unpaired) electrons. The molecule has 0 unspecified atom stereocenters. The number of unbranched alkanes of at least 4 members (excludes halogenated alkanes) is 1. The van der Waals surface area contributed by atoms with Crippen LogP contribution in [0.15, 0.2) is 29.4 Å². The van der Waals surface area contributed by atoms with Gasteiger partial charge in [0, 0.05) is 0 Å². The lowest BCUT2D eigenvalue weighted by Gasteiger charge is -2.05. The van der Waals surface area contributed by atoms with Gasteiger partial charge in [0.2, 0.25) is 0 Å². The summed E-state index contributed by atoms with van der Waals surface area (Å²) in [5.41, 5.74) is 1.51. The van der Waals surface area contributed by atoms with Crippen molar-refractivity contribution in [1.29, 1.82) is 0 Å². The van der Waals surface area contributed by atoms with E-state index in [1.54, 1.807) is 6.92 Å². The van der Waals surface area contributed by atoms with E-state index in [1.807, 2.05) is 24.3 Å². The van der Waals surface area contributed by atoms with Crippen LogP contribution >= 0.6 is 0 Å². The molecule has 0 spiro atoms. The summed E-state index contributed by atoms with van der Waals surface area (Å²) in [6.45, 7) is 4.64. The number of ether oxygens (including phenoxy) is 1. The van der Waals surface area contributed by atoms with Gasteiger partial charge >= 0.3 is 0 Å². The molecule has 0 aliphatic heterocycles. The number of benzene rings is 1. The van der Waals surface area contributed by atoms with Crippen LogP contribution in [-0.2, 0) is 0 Å². The van der Waals surface area contributed by atoms with E-state index in [0.717, 1.165) is 30.8 Å². The summed E-state index contributed by atoms with van der Waals surface area (Å²) in [6.07, 6.45) is 2.20. The van der Waals surface area contributed by atoms with E-state index in [-0.39, 0.29) is 0 Å². The minimum atomic E-state index is 0.607. The zero-order valence-corrected chi connectivity index (χ0v) is 9.23. The first kappa shape index (κ1) is 11.6. The molecule has 0 saturated carbocycles. The number of oxime groups is 1. The minimum Gasteiger partial charge on any atom is -0.494 e. The Morgan fingerprint density at radius 2 is 2.00 bits per heavy atom. The van der Waals surface area contributed by atoms with Crippen molar-refractivity contribution in [2.45, 2.75) is 26.7 Å². The van der Waals surface area contributed by atoms with Gasteiger partial charge in [0.15, 0.2) is 0 Å². The molecule has 0 saturated heterocycles. The molecule has 3 nitrogen and oxygen atoms in total. The predicted octanol–water partition coefficient (Wildman–Crippen LogP) is 3.06. The summed E-state index contributed by atoms with van der Waals surface area (Å²) in [5.74, 6) is 0.859. The molecule has 0 aliphatic carbocycles. The van der Waals surface area contributed by atoms with Crippen molar-refractivity contribution in [3.8, 4) is 5.75 Å². The summed E-state index contributed by atoms with van der Waals surface area (Å²) >= 11 is 0. The lowest BCUT2D eigenvalue weighted by atomic mass is 10.1. The van der Waals surface area contributed by atoms with E-state index in [1.165, 1.54) is 0 Å². The van der Waals surface area contributed by atoms with Crippen LogP contribution in [0.4, 0.5) is 0 Å². The van der Waals surface area contributed by atoms with Gasteiger partial charge in [-0.1, -0.05) is 18.5 Å². The zero-order valence-electron chi connectivity index (χ0n) is 9.23. The molecule has 1 aromatic carbocycles. The Morgan fingerprint density at radius 3 is 2.53 bits per heavy atom. The average molecular weight is 207 g/mol. The van der Waals surface area contributed by atoms with Gasteiger partial charge in [-0.3, -0.25) is 0 Å².